The molecule has 8 heteroatoms. The summed E-state index contributed by atoms with van der Waals surface area (Å²) >= 11 is 0. The molecule has 0 bridgehead atoms. The molecule has 0 radical (unpaired) electrons. The van der Waals surface area contributed by atoms with Gasteiger partial charge in [-0.05, 0) is 57.0 Å². The van der Waals surface area contributed by atoms with E-state index in [2.05, 4.69) is 10.6 Å². The van der Waals surface area contributed by atoms with Crippen LogP contribution in [0, 0.1) is 6.92 Å². The van der Waals surface area contributed by atoms with E-state index in [9.17, 15) is 18.0 Å². The summed E-state index contributed by atoms with van der Waals surface area (Å²) in [6, 6.07) is 13.1. The van der Waals surface area contributed by atoms with Crippen LogP contribution in [-0.2, 0) is 14.8 Å². The Morgan fingerprint density at radius 1 is 1.03 bits per heavy atom. The number of nitrogens with one attached hydrogen (secondary N) is 2. The summed E-state index contributed by atoms with van der Waals surface area (Å²) in [7, 11) is -2.38. The fourth-order valence-corrected chi connectivity index (χ4v) is 5.27. The Bertz CT molecular complexity index is 1070. The molecule has 172 valence electrons. The maximum atomic E-state index is 13.2. The molecule has 2 aromatic carbocycles. The molecule has 0 unspecified atom stereocenters. The van der Waals surface area contributed by atoms with E-state index in [1.807, 2.05) is 26.0 Å². The van der Waals surface area contributed by atoms with Crippen LogP contribution in [0.3, 0.4) is 0 Å². The van der Waals surface area contributed by atoms with E-state index < -0.39 is 21.5 Å². The summed E-state index contributed by atoms with van der Waals surface area (Å²) in [4.78, 5) is 25.9. The summed E-state index contributed by atoms with van der Waals surface area (Å²) in [6.45, 7) is 4.25. The Kier molecular flexibility index (Phi) is 7.23. The number of rotatable bonds is 7. The molecule has 0 saturated heterocycles. The highest BCUT2D eigenvalue weighted by molar-refractivity contribution is 7.92. The molecule has 0 spiro atoms. The van der Waals surface area contributed by atoms with Gasteiger partial charge in [-0.2, -0.15) is 0 Å². The maximum Gasteiger partial charge on any atom is 0.264 e. The van der Waals surface area contributed by atoms with Crippen molar-refractivity contribution < 1.29 is 18.0 Å². The zero-order chi connectivity index (χ0) is 23.4. The molecule has 0 heterocycles. The molecule has 1 aliphatic carbocycles. The van der Waals surface area contributed by atoms with Crippen molar-refractivity contribution in [3.8, 4) is 0 Å². The third-order valence-corrected chi connectivity index (χ3v) is 7.77. The Morgan fingerprint density at radius 3 is 2.31 bits per heavy atom. The van der Waals surface area contributed by atoms with Gasteiger partial charge in [0.05, 0.1) is 10.6 Å². The molecule has 0 aliphatic heterocycles. The number of aryl methyl sites for hydroxylation is 1. The first-order valence-corrected chi connectivity index (χ1v) is 12.4. The van der Waals surface area contributed by atoms with Crippen LogP contribution in [0.4, 0.5) is 5.69 Å². The average Bonchev–Trinajstić information content (AvgIpc) is 2.80. The number of hydrogen-bond acceptors (Lipinski definition) is 4. The summed E-state index contributed by atoms with van der Waals surface area (Å²) < 4.78 is 27.5. The normalized spacial score (nSPS) is 15.6. The highest BCUT2D eigenvalue weighted by Gasteiger charge is 2.40. The molecular weight excluding hydrogens is 426 g/mol. The van der Waals surface area contributed by atoms with E-state index >= 15 is 0 Å². The van der Waals surface area contributed by atoms with Crippen molar-refractivity contribution in [2.75, 3.05) is 17.9 Å². The van der Waals surface area contributed by atoms with Crippen LogP contribution >= 0.6 is 0 Å². The van der Waals surface area contributed by atoms with E-state index in [0.29, 0.717) is 25.1 Å². The molecule has 2 N–H and O–H groups in total. The highest BCUT2D eigenvalue weighted by Crippen LogP contribution is 2.29. The van der Waals surface area contributed by atoms with Gasteiger partial charge in [0.15, 0.2) is 0 Å². The first-order valence-electron chi connectivity index (χ1n) is 11.0. The first-order chi connectivity index (χ1) is 15.2. The lowest BCUT2D eigenvalue weighted by Gasteiger charge is -2.36. The lowest BCUT2D eigenvalue weighted by Crippen LogP contribution is -2.59. The van der Waals surface area contributed by atoms with Crippen LogP contribution in [-0.4, -0.2) is 39.4 Å². The smallest absolute Gasteiger partial charge is 0.264 e. The Labute approximate surface area is 190 Å². The van der Waals surface area contributed by atoms with Gasteiger partial charge in [0.2, 0.25) is 5.91 Å². The van der Waals surface area contributed by atoms with Gasteiger partial charge >= 0.3 is 0 Å². The van der Waals surface area contributed by atoms with Gasteiger partial charge in [-0.15, -0.1) is 0 Å². The minimum atomic E-state index is -3.86. The molecule has 1 aliphatic rings. The number of hydrogen-bond donors (Lipinski definition) is 2. The fraction of sp³-hybridized carbons (Fsp3) is 0.417. The summed E-state index contributed by atoms with van der Waals surface area (Å²) in [6.07, 6.45) is 3.87. The lowest BCUT2D eigenvalue weighted by atomic mass is 9.80. The minimum Gasteiger partial charge on any atom is -0.354 e. The average molecular weight is 458 g/mol. The van der Waals surface area contributed by atoms with E-state index in [4.69, 9.17) is 0 Å². The molecule has 3 rings (SSSR count). The van der Waals surface area contributed by atoms with Gasteiger partial charge in [0.25, 0.3) is 15.9 Å². The zero-order valence-electron chi connectivity index (χ0n) is 18.8. The van der Waals surface area contributed by atoms with E-state index in [1.54, 1.807) is 24.3 Å². The van der Waals surface area contributed by atoms with Crippen LogP contribution < -0.4 is 14.9 Å². The summed E-state index contributed by atoms with van der Waals surface area (Å²) in [5.41, 5.74) is 0.807. The number of sulfonamides is 1. The second kappa shape index (κ2) is 9.73. The molecule has 7 nitrogen and oxygen atoms in total. The third-order valence-electron chi connectivity index (χ3n) is 5.98. The third kappa shape index (κ3) is 4.96. The zero-order valence-corrected chi connectivity index (χ0v) is 19.7. The van der Waals surface area contributed by atoms with Gasteiger partial charge in [-0.1, -0.05) is 43.0 Å². The second-order valence-electron chi connectivity index (χ2n) is 8.29. The number of likely N-dealkylation sites (N-methyl/N-ethyl adjacent to an activating group) is 1. The molecule has 0 atom stereocenters. The van der Waals surface area contributed by atoms with Gasteiger partial charge < -0.3 is 10.6 Å². The summed E-state index contributed by atoms with van der Waals surface area (Å²) in [5.74, 6) is -0.635. The number of anilines is 1. The predicted molar refractivity (Wildman–Crippen MR) is 125 cm³/mol. The SMILES string of the molecule is CCNC(=O)C1(NC(=O)c2cccc(S(=O)(=O)N(C)c3ccc(C)cc3)c2)CCCCC1. The standard InChI is InChI=1S/C24H31N3O4S/c1-4-25-23(29)24(15-6-5-7-16-24)26-22(28)19-9-8-10-21(17-19)32(30,31)27(3)20-13-11-18(2)12-14-20/h8-14,17H,4-7,15-16H2,1-3H3,(H,25,29)(H,26,28). The molecule has 1 fully saturated rings. The predicted octanol–water partition coefficient (Wildman–Crippen LogP) is 3.39. The largest absolute Gasteiger partial charge is 0.354 e. The van der Waals surface area contributed by atoms with Crippen LogP contribution in [0.15, 0.2) is 53.4 Å². The number of carbonyl (C=O) groups is 2. The van der Waals surface area contributed by atoms with Gasteiger partial charge in [0.1, 0.15) is 5.54 Å². The molecule has 2 aromatic rings. The van der Waals surface area contributed by atoms with Gasteiger partial charge in [-0.25, -0.2) is 8.42 Å². The topological polar surface area (TPSA) is 95.6 Å². The van der Waals surface area contributed by atoms with Crippen LogP contribution in [0.5, 0.6) is 0 Å². The quantitative estimate of drug-likeness (QED) is 0.666. The molecule has 0 aromatic heterocycles. The Hall–Kier alpha value is -2.87. The van der Waals surface area contributed by atoms with E-state index in [1.165, 1.54) is 23.5 Å². The van der Waals surface area contributed by atoms with Crippen molar-refractivity contribution >= 4 is 27.5 Å². The second-order valence-corrected chi connectivity index (χ2v) is 10.3. The molecule has 32 heavy (non-hydrogen) atoms. The van der Waals surface area contributed by atoms with Crippen molar-refractivity contribution in [1.82, 2.24) is 10.6 Å². The Balaban J connectivity index is 1.86. The first kappa shape index (κ1) is 23.8. The highest BCUT2D eigenvalue weighted by atomic mass is 32.2. The molecular formula is C24H31N3O4S. The lowest BCUT2D eigenvalue weighted by molar-refractivity contribution is -0.128. The van der Waals surface area contributed by atoms with Crippen LogP contribution in [0.2, 0.25) is 0 Å². The Morgan fingerprint density at radius 2 is 1.69 bits per heavy atom. The number of amides is 2. The summed E-state index contributed by atoms with van der Waals surface area (Å²) in [5, 5.41) is 5.75. The number of nitrogens with zero attached hydrogens (tertiary/aromatic N) is 1. The van der Waals surface area contributed by atoms with Gasteiger partial charge in [0, 0.05) is 19.2 Å². The van der Waals surface area contributed by atoms with Crippen molar-refractivity contribution in [2.24, 2.45) is 0 Å². The molecule has 2 amide bonds. The van der Waals surface area contributed by atoms with Crippen molar-refractivity contribution in [2.45, 2.75) is 56.4 Å². The van der Waals surface area contributed by atoms with Crippen molar-refractivity contribution in [3.63, 3.8) is 0 Å². The monoisotopic (exact) mass is 457 g/mol. The van der Waals surface area contributed by atoms with Crippen molar-refractivity contribution in [1.29, 1.82) is 0 Å². The van der Waals surface area contributed by atoms with E-state index in [0.717, 1.165) is 24.8 Å². The van der Waals surface area contributed by atoms with Crippen LogP contribution in [0.25, 0.3) is 0 Å². The molecule has 1 saturated carbocycles. The van der Waals surface area contributed by atoms with Crippen molar-refractivity contribution in [3.05, 3.63) is 59.7 Å². The van der Waals surface area contributed by atoms with Crippen LogP contribution in [0.1, 0.15) is 54.9 Å². The minimum absolute atomic E-state index is 0.0175. The van der Waals surface area contributed by atoms with Gasteiger partial charge in [-0.3, -0.25) is 13.9 Å². The number of carbonyl (C=O) groups excluding carboxylic acids is 2. The maximum absolute atomic E-state index is 13.2. The van der Waals surface area contributed by atoms with E-state index in [-0.39, 0.29) is 16.4 Å². The fourth-order valence-electron chi connectivity index (χ4n) is 4.03. The number of benzene rings is 2.